The van der Waals surface area contributed by atoms with Crippen molar-refractivity contribution in [2.24, 2.45) is 10.9 Å². The minimum absolute atomic E-state index is 0. The number of benzene rings is 1. The number of hydrogen-bond donors (Lipinski definition) is 2. The third-order valence-corrected chi connectivity index (χ3v) is 4.43. The van der Waals surface area contributed by atoms with Crippen LogP contribution in [0.5, 0.6) is 11.5 Å². The maximum Gasteiger partial charge on any atom is 0.191 e. The SMILES string of the molecule is CCNC(=NCc1ccc(OCC)c(OC)c1)NCCCOCC1CCOC1.I. The number of nitrogens with zero attached hydrogens (tertiary/aromatic N) is 1. The van der Waals surface area contributed by atoms with Gasteiger partial charge in [0.15, 0.2) is 17.5 Å². The Hall–Kier alpha value is -1.26. The summed E-state index contributed by atoms with van der Waals surface area (Å²) in [7, 11) is 1.65. The first kappa shape index (κ1) is 25.8. The van der Waals surface area contributed by atoms with Gasteiger partial charge in [0, 0.05) is 32.2 Å². The summed E-state index contributed by atoms with van der Waals surface area (Å²) in [6.07, 6.45) is 2.06. The minimum Gasteiger partial charge on any atom is -0.493 e. The number of ether oxygens (including phenoxy) is 4. The van der Waals surface area contributed by atoms with Crippen LogP contribution in [0.25, 0.3) is 0 Å². The lowest BCUT2D eigenvalue weighted by Gasteiger charge is -2.13. The van der Waals surface area contributed by atoms with Gasteiger partial charge in [-0.25, -0.2) is 4.99 Å². The lowest BCUT2D eigenvalue weighted by atomic mass is 10.1. The lowest BCUT2D eigenvalue weighted by molar-refractivity contribution is 0.0888. The van der Waals surface area contributed by atoms with Gasteiger partial charge in [0.1, 0.15) is 0 Å². The largest absolute Gasteiger partial charge is 0.493 e. The number of nitrogens with one attached hydrogen (secondary N) is 2. The molecule has 1 aromatic carbocycles. The highest BCUT2D eigenvalue weighted by Crippen LogP contribution is 2.28. The Balaban J connectivity index is 0.00000420. The summed E-state index contributed by atoms with van der Waals surface area (Å²) in [6.45, 7) is 10.1. The standard InChI is InChI=1S/C21H35N3O4.HI/c1-4-22-21(23-10-6-11-26-15-18-9-12-27-16-18)24-14-17-7-8-19(28-5-2)20(13-17)25-3;/h7-8,13,18H,4-6,9-12,14-16H2,1-3H3,(H2,22,23,24);1H. The molecule has 1 aromatic rings. The van der Waals surface area contributed by atoms with Crippen LogP contribution in [0.4, 0.5) is 0 Å². The molecule has 1 aliphatic heterocycles. The average molecular weight is 521 g/mol. The molecule has 0 saturated carbocycles. The van der Waals surface area contributed by atoms with Gasteiger partial charge in [0.05, 0.1) is 33.5 Å². The normalized spacial score (nSPS) is 16.2. The molecule has 1 aliphatic rings. The first-order chi connectivity index (χ1) is 13.8. The molecule has 0 spiro atoms. The van der Waals surface area contributed by atoms with Crippen LogP contribution in [0.3, 0.4) is 0 Å². The molecule has 0 amide bonds. The highest BCUT2D eigenvalue weighted by Gasteiger charge is 2.15. The van der Waals surface area contributed by atoms with E-state index in [1.807, 2.05) is 25.1 Å². The third kappa shape index (κ3) is 9.86. The van der Waals surface area contributed by atoms with Crippen LogP contribution in [0.2, 0.25) is 0 Å². The number of guanidine groups is 1. The van der Waals surface area contributed by atoms with Crippen molar-refractivity contribution in [1.82, 2.24) is 10.6 Å². The van der Waals surface area contributed by atoms with Crippen molar-refractivity contribution < 1.29 is 18.9 Å². The smallest absolute Gasteiger partial charge is 0.191 e. The van der Waals surface area contributed by atoms with E-state index in [1.165, 1.54) is 0 Å². The lowest BCUT2D eigenvalue weighted by Crippen LogP contribution is -2.38. The third-order valence-electron chi connectivity index (χ3n) is 4.43. The van der Waals surface area contributed by atoms with Crippen molar-refractivity contribution in [3.8, 4) is 11.5 Å². The summed E-state index contributed by atoms with van der Waals surface area (Å²) in [5, 5.41) is 6.63. The zero-order valence-electron chi connectivity index (χ0n) is 17.9. The minimum atomic E-state index is 0. The van der Waals surface area contributed by atoms with Crippen molar-refractivity contribution in [3.63, 3.8) is 0 Å². The first-order valence-corrected chi connectivity index (χ1v) is 10.2. The molecule has 29 heavy (non-hydrogen) atoms. The quantitative estimate of drug-likeness (QED) is 0.191. The van der Waals surface area contributed by atoms with Gasteiger partial charge in [-0.3, -0.25) is 0 Å². The molecule has 0 bridgehead atoms. The van der Waals surface area contributed by atoms with E-state index in [4.69, 9.17) is 18.9 Å². The van der Waals surface area contributed by atoms with Gasteiger partial charge >= 0.3 is 0 Å². The molecule has 1 unspecified atom stereocenters. The molecule has 8 heteroatoms. The molecule has 1 heterocycles. The van der Waals surface area contributed by atoms with Gasteiger partial charge in [-0.2, -0.15) is 0 Å². The molecule has 0 aliphatic carbocycles. The Labute approximate surface area is 191 Å². The predicted octanol–water partition coefficient (Wildman–Crippen LogP) is 3.21. The second-order valence-electron chi connectivity index (χ2n) is 6.70. The van der Waals surface area contributed by atoms with Crippen LogP contribution in [-0.4, -0.2) is 59.2 Å². The fraction of sp³-hybridized carbons (Fsp3) is 0.667. The second kappa shape index (κ2) is 15.6. The molecule has 0 aromatic heterocycles. The van der Waals surface area contributed by atoms with Crippen LogP contribution >= 0.6 is 24.0 Å². The number of rotatable bonds is 12. The number of hydrogen-bond acceptors (Lipinski definition) is 5. The van der Waals surface area contributed by atoms with Crippen molar-refractivity contribution in [1.29, 1.82) is 0 Å². The number of halogens is 1. The summed E-state index contributed by atoms with van der Waals surface area (Å²) in [6, 6.07) is 5.92. The topological polar surface area (TPSA) is 73.3 Å². The molecule has 1 fully saturated rings. The Kier molecular flexibility index (Phi) is 13.8. The maximum atomic E-state index is 5.74. The van der Waals surface area contributed by atoms with E-state index in [-0.39, 0.29) is 24.0 Å². The second-order valence-corrected chi connectivity index (χ2v) is 6.70. The molecule has 2 rings (SSSR count). The van der Waals surface area contributed by atoms with Gasteiger partial charge in [-0.05, 0) is 44.4 Å². The summed E-state index contributed by atoms with van der Waals surface area (Å²) in [4.78, 5) is 4.66. The number of methoxy groups -OCH3 is 1. The summed E-state index contributed by atoms with van der Waals surface area (Å²) in [5.41, 5.74) is 1.07. The van der Waals surface area contributed by atoms with Crippen molar-refractivity contribution >= 4 is 29.9 Å². The van der Waals surface area contributed by atoms with E-state index >= 15 is 0 Å². The van der Waals surface area contributed by atoms with Crippen LogP contribution in [0, 0.1) is 5.92 Å². The van der Waals surface area contributed by atoms with Crippen LogP contribution in [-0.2, 0) is 16.0 Å². The predicted molar refractivity (Wildman–Crippen MR) is 127 cm³/mol. The van der Waals surface area contributed by atoms with E-state index in [1.54, 1.807) is 7.11 Å². The molecule has 1 atom stereocenters. The van der Waals surface area contributed by atoms with E-state index in [0.29, 0.717) is 19.1 Å². The first-order valence-electron chi connectivity index (χ1n) is 10.2. The summed E-state index contributed by atoms with van der Waals surface area (Å²) in [5.74, 6) is 2.86. The monoisotopic (exact) mass is 521 g/mol. The Morgan fingerprint density at radius 1 is 1.24 bits per heavy atom. The van der Waals surface area contributed by atoms with Gasteiger partial charge in [0.2, 0.25) is 0 Å². The van der Waals surface area contributed by atoms with Crippen molar-refractivity contribution in [3.05, 3.63) is 23.8 Å². The van der Waals surface area contributed by atoms with E-state index in [0.717, 1.165) is 75.4 Å². The number of aliphatic imine (C=N–C) groups is 1. The Bertz CT molecular complexity index is 595. The van der Waals surface area contributed by atoms with E-state index < -0.39 is 0 Å². The molecule has 0 radical (unpaired) electrons. The maximum absolute atomic E-state index is 5.74. The highest BCUT2D eigenvalue weighted by molar-refractivity contribution is 14.0. The van der Waals surface area contributed by atoms with Crippen LogP contribution in [0.1, 0.15) is 32.3 Å². The van der Waals surface area contributed by atoms with Gasteiger partial charge in [0.25, 0.3) is 0 Å². The molecule has 1 saturated heterocycles. The fourth-order valence-corrected chi connectivity index (χ4v) is 2.94. The van der Waals surface area contributed by atoms with Crippen molar-refractivity contribution in [2.75, 3.05) is 53.2 Å². The van der Waals surface area contributed by atoms with Gasteiger partial charge < -0.3 is 29.6 Å². The average Bonchev–Trinajstić information content (AvgIpc) is 3.23. The zero-order chi connectivity index (χ0) is 20.0. The van der Waals surface area contributed by atoms with Crippen LogP contribution in [0.15, 0.2) is 23.2 Å². The molecule has 2 N–H and O–H groups in total. The van der Waals surface area contributed by atoms with Gasteiger partial charge in [-0.1, -0.05) is 6.07 Å². The zero-order valence-corrected chi connectivity index (χ0v) is 20.2. The molecular formula is C21H36IN3O4. The van der Waals surface area contributed by atoms with E-state index in [2.05, 4.69) is 22.5 Å². The molecule has 166 valence electrons. The van der Waals surface area contributed by atoms with Crippen molar-refractivity contribution in [2.45, 2.75) is 33.2 Å². The highest BCUT2D eigenvalue weighted by atomic mass is 127. The van der Waals surface area contributed by atoms with E-state index in [9.17, 15) is 0 Å². The molecular weight excluding hydrogens is 485 g/mol. The van der Waals surface area contributed by atoms with Crippen LogP contribution < -0.4 is 20.1 Å². The van der Waals surface area contributed by atoms with Gasteiger partial charge in [-0.15, -0.1) is 24.0 Å². The summed E-state index contributed by atoms with van der Waals surface area (Å²) < 4.78 is 22.1. The summed E-state index contributed by atoms with van der Waals surface area (Å²) >= 11 is 0. The Morgan fingerprint density at radius 3 is 2.79 bits per heavy atom. The fourth-order valence-electron chi connectivity index (χ4n) is 2.94. The Morgan fingerprint density at radius 2 is 2.10 bits per heavy atom. The molecule has 7 nitrogen and oxygen atoms in total.